The van der Waals surface area contributed by atoms with Crippen molar-refractivity contribution >= 4 is 29.9 Å². The first-order chi connectivity index (χ1) is 11.0. The van der Waals surface area contributed by atoms with Gasteiger partial charge in [-0.2, -0.15) is 0 Å². The Labute approximate surface area is 163 Å². The maximum absolute atomic E-state index is 5.40. The van der Waals surface area contributed by atoms with E-state index in [1.807, 2.05) is 12.1 Å². The number of rotatable bonds is 8. The van der Waals surface area contributed by atoms with Gasteiger partial charge in [0, 0.05) is 18.5 Å². The molecular formula is C18H32IN3O2. The zero-order valence-corrected chi connectivity index (χ0v) is 18.1. The average molecular weight is 449 g/mol. The van der Waals surface area contributed by atoms with Crippen LogP contribution in [0.5, 0.6) is 11.5 Å². The highest BCUT2D eigenvalue weighted by Crippen LogP contribution is 2.33. The van der Waals surface area contributed by atoms with E-state index in [1.54, 1.807) is 14.2 Å². The van der Waals surface area contributed by atoms with Gasteiger partial charge in [0.05, 0.1) is 20.8 Å². The van der Waals surface area contributed by atoms with Crippen molar-refractivity contribution in [3.05, 3.63) is 23.8 Å². The van der Waals surface area contributed by atoms with E-state index in [0.29, 0.717) is 6.54 Å². The number of nitrogens with zero attached hydrogens (tertiary/aromatic N) is 1. The normalized spacial score (nSPS) is 11.5. The van der Waals surface area contributed by atoms with E-state index in [0.717, 1.165) is 37.0 Å². The van der Waals surface area contributed by atoms with Crippen LogP contribution in [0.4, 0.5) is 0 Å². The monoisotopic (exact) mass is 449 g/mol. The summed E-state index contributed by atoms with van der Waals surface area (Å²) in [6, 6.07) is 6.05. The van der Waals surface area contributed by atoms with Crippen LogP contribution in [0.2, 0.25) is 0 Å². The smallest absolute Gasteiger partial charge is 0.191 e. The molecule has 0 unspecified atom stereocenters. The van der Waals surface area contributed by atoms with Crippen molar-refractivity contribution in [3.63, 3.8) is 0 Å². The zero-order valence-electron chi connectivity index (χ0n) is 15.7. The molecule has 0 aliphatic carbocycles. The molecule has 0 spiro atoms. The van der Waals surface area contributed by atoms with E-state index in [4.69, 9.17) is 14.5 Å². The second kappa shape index (κ2) is 11.4. The van der Waals surface area contributed by atoms with Gasteiger partial charge < -0.3 is 20.1 Å². The topological polar surface area (TPSA) is 54.9 Å². The lowest BCUT2D eigenvalue weighted by atomic mass is 9.84. The number of guanidine groups is 1. The lowest BCUT2D eigenvalue weighted by molar-refractivity contribution is 0.353. The van der Waals surface area contributed by atoms with E-state index in [2.05, 4.69) is 44.4 Å². The Kier molecular flexibility index (Phi) is 10.8. The summed E-state index contributed by atoms with van der Waals surface area (Å²) in [5, 5.41) is 6.61. The molecule has 1 rings (SSSR count). The van der Waals surface area contributed by atoms with Gasteiger partial charge in [-0.05, 0) is 31.0 Å². The summed E-state index contributed by atoms with van der Waals surface area (Å²) in [5.41, 5.74) is 1.07. The van der Waals surface area contributed by atoms with E-state index in [9.17, 15) is 0 Å². The van der Waals surface area contributed by atoms with Gasteiger partial charge in [0.25, 0.3) is 0 Å². The Morgan fingerprint density at radius 1 is 1.08 bits per heavy atom. The van der Waals surface area contributed by atoms with Gasteiger partial charge >= 0.3 is 0 Å². The molecule has 0 fully saturated rings. The molecule has 138 valence electrons. The number of hydrogen-bond donors (Lipinski definition) is 2. The van der Waals surface area contributed by atoms with Gasteiger partial charge in [0.15, 0.2) is 17.5 Å². The molecule has 0 radical (unpaired) electrons. The van der Waals surface area contributed by atoms with E-state index >= 15 is 0 Å². The van der Waals surface area contributed by atoms with Gasteiger partial charge in [-0.25, -0.2) is 0 Å². The number of aliphatic imine (C=N–C) groups is 1. The lowest BCUT2D eigenvalue weighted by Crippen LogP contribution is -2.38. The summed E-state index contributed by atoms with van der Waals surface area (Å²) in [4.78, 5) is 4.72. The molecule has 0 saturated carbocycles. The van der Waals surface area contributed by atoms with Crippen LogP contribution in [0.1, 0.15) is 39.7 Å². The van der Waals surface area contributed by atoms with Crippen molar-refractivity contribution in [2.75, 3.05) is 33.9 Å². The number of benzene rings is 1. The highest BCUT2D eigenvalue weighted by atomic mass is 127. The number of nitrogens with one attached hydrogen (secondary N) is 2. The highest BCUT2D eigenvalue weighted by molar-refractivity contribution is 14.0. The Bertz CT molecular complexity index is 519. The number of methoxy groups -OCH3 is 2. The minimum Gasteiger partial charge on any atom is -0.493 e. The van der Waals surface area contributed by atoms with E-state index in [-0.39, 0.29) is 29.4 Å². The molecule has 0 heterocycles. The van der Waals surface area contributed by atoms with Crippen LogP contribution in [0, 0.1) is 0 Å². The van der Waals surface area contributed by atoms with Gasteiger partial charge in [-0.15, -0.1) is 24.0 Å². The third kappa shape index (κ3) is 6.75. The van der Waals surface area contributed by atoms with Crippen molar-refractivity contribution in [2.45, 2.75) is 39.5 Å². The molecule has 0 atom stereocenters. The third-order valence-electron chi connectivity index (χ3n) is 3.68. The van der Waals surface area contributed by atoms with Crippen molar-refractivity contribution in [1.29, 1.82) is 0 Å². The van der Waals surface area contributed by atoms with Crippen molar-refractivity contribution in [1.82, 2.24) is 10.6 Å². The van der Waals surface area contributed by atoms with Crippen LogP contribution in [0.25, 0.3) is 0 Å². The largest absolute Gasteiger partial charge is 0.493 e. The summed E-state index contributed by atoms with van der Waals surface area (Å²) < 4.78 is 10.7. The second-order valence-electron chi connectivity index (χ2n) is 6.08. The quantitative estimate of drug-likeness (QED) is 0.362. The highest BCUT2D eigenvalue weighted by Gasteiger charge is 2.22. The average Bonchev–Trinajstić information content (AvgIpc) is 2.56. The molecule has 0 aliphatic heterocycles. The van der Waals surface area contributed by atoms with Crippen LogP contribution >= 0.6 is 24.0 Å². The van der Waals surface area contributed by atoms with Crippen molar-refractivity contribution in [3.8, 4) is 11.5 Å². The fourth-order valence-electron chi connectivity index (χ4n) is 2.21. The van der Waals surface area contributed by atoms with Crippen molar-refractivity contribution < 1.29 is 9.47 Å². The van der Waals surface area contributed by atoms with Crippen LogP contribution in [0.15, 0.2) is 23.2 Å². The summed E-state index contributed by atoms with van der Waals surface area (Å²) in [6.07, 6.45) is 1.07. The third-order valence-corrected chi connectivity index (χ3v) is 3.68. The van der Waals surface area contributed by atoms with Crippen LogP contribution in [-0.4, -0.2) is 39.8 Å². The Morgan fingerprint density at radius 3 is 2.29 bits per heavy atom. The molecule has 24 heavy (non-hydrogen) atoms. The first-order valence-electron chi connectivity index (χ1n) is 8.23. The first kappa shape index (κ1) is 22.8. The molecule has 0 aliphatic rings. The SMILES string of the molecule is CCCNC(=NCC(C)(C)c1ccc(OC)c(OC)c1)NCC.I. The van der Waals surface area contributed by atoms with Gasteiger partial charge in [0.1, 0.15) is 0 Å². The summed E-state index contributed by atoms with van der Waals surface area (Å²) in [6.45, 7) is 11.0. The van der Waals surface area contributed by atoms with E-state index in [1.165, 1.54) is 5.56 Å². The molecule has 0 bridgehead atoms. The Morgan fingerprint density at radius 2 is 1.75 bits per heavy atom. The molecule has 0 saturated heterocycles. The maximum Gasteiger partial charge on any atom is 0.191 e. The van der Waals surface area contributed by atoms with Gasteiger partial charge in [0.2, 0.25) is 0 Å². The minimum absolute atomic E-state index is 0. The predicted octanol–water partition coefficient (Wildman–Crippen LogP) is 3.56. The fourth-order valence-corrected chi connectivity index (χ4v) is 2.21. The number of hydrogen-bond acceptors (Lipinski definition) is 3. The first-order valence-corrected chi connectivity index (χ1v) is 8.23. The van der Waals surface area contributed by atoms with Crippen LogP contribution in [0.3, 0.4) is 0 Å². The zero-order chi connectivity index (χ0) is 17.3. The molecule has 2 N–H and O–H groups in total. The fraction of sp³-hybridized carbons (Fsp3) is 0.611. The summed E-state index contributed by atoms with van der Waals surface area (Å²) in [5.74, 6) is 2.36. The second-order valence-corrected chi connectivity index (χ2v) is 6.08. The Balaban J connectivity index is 0.00000529. The van der Waals surface area contributed by atoms with Gasteiger partial charge in [-0.1, -0.05) is 26.8 Å². The van der Waals surface area contributed by atoms with E-state index < -0.39 is 0 Å². The van der Waals surface area contributed by atoms with Crippen molar-refractivity contribution in [2.24, 2.45) is 4.99 Å². The maximum atomic E-state index is 5.40. The minimum atomic E-state index is -0.103. The molecule has 0 amide bonds. The molecule has 1 aromatic carbocycles. The predicted molar refractivity (Wildman–Crippen MR) is 112 cm³/mol. The molecular weight excluding hydrogens is 417 g/mol. The molecule has 0 aromatic heterocycles. The number of ether oxygens (including phenoxy) is 2. The molecule has 5 nitrogen and oxygen atoms in total. The van der Waals surface area contributed by atoms with Crippen LogP contribution < -0.4 is 20.1 Å². The molecule has 6 heteroatoms. The number of halogens is 1. The lowest BCUT2D eigenvalue weighted by Gasteiger charge is -2.25. The van der Waals surface area contributed by atoms with Crippen LogP contribution in [-0.2, 0) is 5.41 Å². The molecule has 1 aromatic rings. The summed E-state index contributed by atoms with van der Waals surface area (Å²) in [7, 11) is 3.31. The standard InChI is InChI=1S/C18H31N3O2.HI/c1-7-11-20-17(19-8-2)21-13-18(3,4)14-9-10-15(22-5)16(12-14)23-6;/h9-10,12H,7-8,11,13H2,1-6H3,(H2,19,20,21);1H. The van der Waals surface area contributed by atoms with Gasteiger partial charge in [-0.3, -0.25) is 4.99 Å². The summed E-state index contributed by atoms with van der Waals surface area (Å²) >= 11 is 0. The Hall–Kier alpha value is -1.18.